The van der Waals surface area contributed by atoms with E-state index in [-0.39, 0.29) is 6.10 Å². The van der Waals surface area contributed by atoms with Crippen molar-refractivity contribution in [3.63, 3.8) is 0 Å². The summed E-state index contributed by atoms with van der Waals surface area (Å²) in [6.45, 7) is 11.0. The fourth-order valence-corrected chi connectivity index (χ4v) is 1.11. The molecular formula is C11H25NO2. The van der Waals surface area contributed by atoms with E-state index in [1.807, 2.05) is 6.92 Å². The van der Waals surface area contributed by atoms with Crippen LogP contribution >= 0.6 is 0 Å². The van der Waals surface area contributed by atoms with Gasteiger partial charge in [-0.3, -0.25) is 0 Å². The minimum atomic E-state index is 0.196. The molecule has 0 bridgehead atoms. The second kappa shape index (κ2) is 8.21. The molecule has 0 saturated carbocycles. The van der Waals surface area contributed by atoms with Gasteiger partial charge in [-0.2, -0.15) is 0 Å². The van der Waals surface area contributed by atoms with Gasteiger partial charge in [-0.1, -0.05) is 20.8 Å². The Labute approximate surface area is 88.2 Å². The van der Waals surface area contributed by atoms with Crippen LogP contribution in [0.15, 0.2) is 0 Å². The number of hydrogen-bond donors (Lipinski definition) is 1. The molecule has 0 radical (unpaired) electrons. The average molecular weight is 203 g/mol. The van der Waals surface area contributed by atoms with E-state index < -0.39 is 0 Å². The van der Waals surface area contributed by atoms with Crippen molar-refractivity contribution in [2.24, 2.45) is 5.92 Å². The van der Waals surface area contributed by atoms with Crippen LogP contribution in [-0.4, -0.2) is 39.0 Å². The van der Waals surface area contributed by atoms with Gasteiger partial charge in [0.05, 0.1) is 19.3 Å². The summed E-state index contributed by atoms with van der Waals surface area (Å²) in [6.07, 6.45) is 0.196. The monoisotopic (exact) mass is 203 g/mol. The quantitative estimate of drug-likeness (QED) is 0.651. The summed E-state index contributed by atoms with van der Waals surface area (Å²) < 4.78 is 10.6. The Bertz CT molecular complexity index is 128. The van der Waals surface area contributed by atoms with Gasteiger partial charge in [-0.25, -0.2) is 0 Å². The van der Waals surface area contributed by atoms with Crippen LogP contribution in [0.3, 0.4) is 0 Å². The van der Waals surface area contributed by atoms with Gasteiger partial charge in [0, 0.05) is 19.7 Å². The molecule has 2 atom stereocenters. The molecule has 0 amide bonds. The van der Waals surface area contributed by atoms with Crippen LogP contribution in [0.4, 0.5) is 0 Å². The molecule has 86 valence electrons. The van der Waals surface area contributed by atoms with Crippen LogP contribution in [-0.2, 0) is 9.47 Å². The molecule has 0 aromatic heterocycles. The zero-order chi connectivity index (χ0) is 11.0. The van der Waals surface area contributed by atoms with E-state index >= 15 is 0 Å². The molecule has 2 unspecified atom stereocenters. The van der Waals surface area contributed by atoms with Crippen molar-refractivity contribution in [1.82, 2.24) is 5.32 Å². The highest BCUT2D eigenvalue weighted by Crippen LogP contribution is 1.99. The molecule has 0 aliphatic heterocycles. The molecule has 3 heteroatoms. The Balaban J connectivity index is 3.38. The summed E-state index contributed by atoms with van der Waals surface area (Å²) in [5.41, 5.74) is 0. The first kappa shape index (κ1) is 13.9. The Morgan fingerprint density at radius 2 is 1.71 bits per heavy atom. The van der Waals surface area contributed by atoms with Crippen molar-refractivity contribution in [3.05, 3.63) is 0 Å². The van der Waals surface area contributed by atoms with Gasteiger partial charge in [0.1, 0.15) is 0 Å². The van der Waals surface area contributed by atoms with Gasteiger partial charge in [0.25, 0.3) is 0 Å². The summed E-state index contributed by atoms with van der Waals surface area (Å²) in [5.74, 6) is 0.553. The second-order valence-electron chi connectivity index (χ2n) is 4.27. The molecule has 14 heavy (non-hydrogen) atoms. The molecule has 0 fully saturated rings. The van der Waals surface area contributed by atoms with Gasteiger partial charge >= 0.3 is 0 Å². The number of ether oxygens (including phenoxy) is 2. The summed E-state index contributed by atoms with van der Waals surface area (Å²) in [4.78, 5) is 0. The summed E-state index contributed by atoms with van der Waals surface area (Å²) in [5, 5.41) is 3.39. The average Bonchev–Trinajstić information content (AvgIpc) is 2.12. The van der Waals surface area contributed by atoms with Crippen LogP contribution < -0.4 is 5.32 Å². The van der Waals surface area contributed by atoms with Gasteiger partial charge in [-0.05, 0) is 12.8 Å². The van der Waals surface area contributed by atoms with Crippen molar-refractivity contribution in [3.8, 4) is 0 Å². The fraction of sp³-hybridized carbons (Fsp3) is 1.00. The topological polar surface area (TPSA) is 30.5 Å². The maximum Gasteiger partial charge on any atom is 0.0780 e. The number of methoxy groups -OCH3 is 1. The van der Waals surface area contributed by atoms with Gasteiger partial charge in [0.2, 0.25) is 0 Å². The zero-order valence-electron chi connectivity index (χ0n) is 10.2. The van der Waals surface area contributed by atoms with E-state index in [1.165, 1.54) is 0 Å². The number of hydrogen-bond acceptors (Lipinski definition) is 3. The van der Waals surface area contributed by atoms with Crippen molar-refractivity contribution in [2.75, 3.05) is 26.9 Å². The van der Waals surface area contributed by atoms with Crippen molar-refractivity contribution < 1.29 is 9.47 Å². The van der Waals surface area contributed by atoms with Crippen LogP contribution in [0.25, 0.3) is 0 Å². The standard InChI is InChI=1S/C11H25NO2/c1-9(2)12-6-10(3)7-14-11(4)8-13-5/h9-12H,6-8H2,1-5H3. The Morgan fingerprint density at radius 3 is 2.21 bits per heavy atom. The van der Waals surface area contributed by atoms with Crippen LogP contribution in [0, 0.1) is 5.92 Å². The maximum absolute atomic E-state index is 5.61. The first-order valence-corrected chi connectivity index (χ1v) is 5.40. The lowest BCUT2D eigenvalue weighted by Gasteiger charge is -2.18. The Morgan fingerprint density at radius 1 is 1.07 bits per heavy atom. The van der Waals surface area contributed by atoms with E-state index in [0.29, 0.717) is 18.6 Å². The molecule has 0 aliphatic carbocycles. The molecule has 0 spiro atoms. The van der Waals surface area contributed by atoms with Crippen LogP contribution in [0.1, 0.15) is 27.7 Å². The highest BCUT2D eigenvalue weighted by atomic mass is 16.5. The Kier molecular flexibility index (Phi) is 8.14. The van der Waals surface area contributed by atoms with Crippen LogP contribution in [0.5, 0.6) is 0 Å². The van der Waals surface area contributed by atoms with Crippen molar-refractivity contribution >= 4 is 0 Å². The van der Waals surface area contributed by atoms with Gasteiger partial charge in [0.15, 0.2) is 0 Å². The van der Waals surface area contributed by atoms with E-state index in [2.05, 4.69) is 26.1 Å². The van der Waals surface area contributed by atoms with E-state index in [4.69, 9.17) is 9.47 Å². The molecule has 0 aromatic carbocycles. The summed E-state index contributed by atoms with van der Waals surface area (Å²) in [7, 11) is 1.70. The lowest BCUT2D eigenvalue weighted by molar-refractivity contribution is -0.00434. The third-order valence-corrected chi connectivity index (χ3v) is 1.94. The molecule has 3 nitrogen and oxygen atoms in total. The third-order valence-electron chi connectivity index (χ3n) is 1.94. The highest BCUT2D eigenvalue weighted by Gasteiger charge is 2.06. The predicted molar refractivity (Wildman–Crippen MR) is 59.6 cm³/mol. The fourth-order valence-electron chi connectivity index (χ4n) is 1.11. The molecule has 1 N–H and O–H groups in total. The summed E-state index contributed by atoms with van der Waals surface area (Å²) >= 11 is 0. The molecule has 0 aliphatic rings. The van der Waals surface area contributed by atoms with E-state index in [9.17, 15) is 0 Å². The van der Waals surface area contributed by atoms with Crippen LogP contribution in [0.2, 0.25) is 0 Å². The summed E-state index contributed by atoms with van der Waals surface area (Å²) in [6, 6.07) is 0.550. The van der Waals surface area contributed by atoms with E-state index in [1.54, 1.807) is 7.11 Å². The molecule has 0 saturated heterocycles. The molecule has 0 heterocycles. The highest BCUT2D eigenvalue weighted by molar-refractivity contribution is 4.60. The smallest absolute Gasteiger partial charge is 0.0780 e. The second-order valence-corrected chi connectivity index (χ2v) is 4.27. The molecule has 0 aromatic rings. The normalized spacial score (nSPS) is 15.9. The van der Waals surface area contributed by atoms with Crippen molar-refractivity contribution in [2.45, 2.75) is 39.8 Å². The van der Waals surface area contributed by atoms with Gasteiger partial charge < -0.3 is 14.8 Å². The maximum atomic E-state index is 5.61. The lowest BCUT2D eigenvalue weighted by atomic mass is 10.2. The third kappa shape index (κ3) is 8.48. The Hall–Kier alpha value is -0.120. The lowest BCUT2D eigenvalue weighted by Crippen LogP contribution is -2.30. The minimum Gasteiger partial charge on any atom is -0.382 e. The largest absolute Gasteiger partial charge is 0.382 e. The molecule has 0 rings (SSSR count). The predicted octanol–water partition coefficient (Wildman–Crippen LogP) is 1.67. The number of rotatable bonds is 8. The SMILES string of the molecule is COCC(C)OCC(C)CNC(C)C. The van der Waals surface area contributed by atoms with Gasteiger partial charge in [-0.15, -0.1) is 0 Å². The van der Waals surface area contributed by atoms with E-state index in [0.717, 1.165) is 13.2 Å². The number of nitrogens with one attached hydrogen (secondary N) is 1. The first-order valence-electron chi connectivity index (χ1n) is 5.40. The van der Waals surface area contributed by atoms with Crippen molar-refractivity contribution in [1.29, 1.82) is 0 Å². The minimum absolute atomic E-state index is 0.196. The molecular weight excluding hydrogens is 178 g/mol. The first-order chi connectivity index (χ1) is 6.56. The zero-order valence-corrected chi connectivity index (χ0v) is 10.2.